The predicted octanol–water partition coefficient (Wildman–Crippen LogP) is 2.58. The van der Waals surface area contributed by atoms with E-state index in [-0.39, 0.29) is 5.91 Å². The highest BCUT2D eigenvalue weighted by Crippen LogP contribution is 2.19. The van der Waals surface area contributed by atoms with Gasteiger partial charge in [-0.2, -0.15) is 5.10 Å². The first-order valence-electron chi connectivity index (χ1n) is 10.3. The van der Waals surface area contributed by atoms with Gasteiger partial charge in [0.2, 0.25) is 5.91 Å². The number of carbonyl (C=O) groups is 1. The van der Waals surface area contributed by atoms with E-state index in [1.807, 2.05) is 61.0 Å². The summed E-state index contributed by atoms with van der Waals surface area (Å²) in [7, 11) is 0. The number of amides is 1. The zero-order valence-corrected chi connectivity index (χ0v) is 17.5. The van der Waals surface area contributed by atoms with E-state index in [0.29, 0.717) is 13.0 Å². The summed E-state index contributed by atoms with van der Waals surface area (Å²) in [6, 6.07) is 13.9. The smallest absolute Gasteiger partial charge is 0.224 e. The first kappa shape index (κ1) is 20.1. The van der Waals surface area contributed by atoms with E-state index in [2.05, 4.69) is 20.3 Å². The molecule has 4 rings (SSSR count). The van der Waals surface area contributed by atoms with Gasteiger partial charge >= 0.3 is 0 Å². The van der Waals surface area contributed by atoms with Crippen molar-refractivity contribution in [3.8, 4) is 5.69 Å². The summed E-state index contributed by atoms with van der Waals surface area (Å²) >= 11 is 0. The number of aryl methyl sites for hydroxylation is 1. The Morgan fingerprint density at radius 1 is 1.13 bits per heavy atom. The van der Waals surface area contributed by atoms with Crippen molar-refractivity contribution in [2.24, 2.45) is 0 Å². The number of carbonyl (C=O) groups excluding carboxylic acids is 1. The summed E-state index contributed by atoms with van der Waals surface area (Å²) in [6.07, 6.45) is 2.11. The molecule has 0 saturated carbocycles. The Bertz CT molecular complexity index is 1010. The molecule has 3 aromatic rings. The number of para-hydroxylation sites is 1. The molecule has 7 nitrogen and oxygen atoms in total. The molecule has 0 radical (unpaired) electrons. The third-order valence-electron chi connectivity index (χ3n) is 5.41. The number of benzene rings is 1. The summed E-state index contributed by atoms with van der Waals surface area (Å²) in [5.41, 5.74) is 4.88. The van der Waals surface area contributed by atoms with Gasteiger partial charge in [0.15, 0.2) is 0 Å². The Morgan fingerprint density at radius 3 is 2.67 bits per heavy atom. The van der Waals surface area contributed by atoms with E-state index in [1.165, 1.54) is 0 Å². The lowest BCUT2D eigenvalue weighted by Crippen LogP contribution is -2.36. The molecule has 30 heavy (non-hydrogen) atoms. The number of pyridine rings is 1. The van der Waals surface area contributed by atoms with Gasteiger partial charge in [0, 0.05) is 37.1 Å². The van der Waals surface area contributed by atoms with Gasteiger partial charge in [0.05, 0.1) is 31.0 Å². The van der Waals surface area contributed by atoms with E-state index in [0.717, 1.165) is 60.3 Å². The van der Waals surface area contributed by atoms with Crippen molar-refractivity contribution in [3.63, 3.8) is 0 Å². The van der Waals surface area contributed by atoms with Crippen molar-refractivity contribution in [1.82, 2.24) is 20.1 Å². The van der Waals surface area contributed by atoms with E-state index in [4.69, 9.17) is 4.74 Å². The quantitative estimate of drug-likeness (QED) is 0.683. The zero-order chi connectivity index (χ0) is 20.9. The number of ether oxygens (including phenoxy) is 1. The van der Waals surface area contributed by atoms with Gasteiger partial charge in [-0.25, -0.2) is 9.67 Å². The van der Waals surface area contributed by atoms with E-state index in [9.17, 15) is 4.79 Å². The Morgan fingerprint density at radius 2 is 1.90 bits per heavy atom. The average molecular weight is 406 g/mol. The number of anilines is 1. The number of nitrogens with one attached hydrogen (secondary N) is 1. The molecule has 1 aromatic carbocycles. The van der Waals surface area contributed by atoms with Crippen LogP contribution in [0.3, 0.4) is 0 Å². The van der Waals surface area contributed by atoms with Crippen LogP contribution in [-0.2, 0) is 22.5 Å². The Hall–Kier alpha value is -3.19. The highest BCUT2D eigenvalue weighted by molar-refractivity contribution is 5.79. The van der Waals surface area contributed by atoms with E-state index in [1.54, 1.807) is 6.20 Å². The second-order valence-electron chi connectivity index (χ2n) is 7.47. The lowest BCUT2D eigenvalue weighted by atomic mass is 10.1. The van der Waals surface area contributed by atoms with Crippen molar-refractivity contribution < 1.29 is 9.53 Å². The van der Waals surface area contributed by atoms with Crippen LogP contribution in [-0.4, -0.2) is 47.0 Å². The van der Waals surface area contributed by atoms with Crippen LogP contribution in [0.25, 0.3) is 5.69 Å². The molecule has 1 aliphatic rings. The summed E-state index contributed by atoms with van der Waals surface area (Å²) in [5.74, 6) is 0.916. The van der Waals surface area contributed by atoms with Crippen molar-refractivity contribution in [2.75, 3.05) is 31.2 Å². The maximum Gasteiger partial charge on any atom is 0.224 e. The largest absolute Gasteiger partial charge is 0.378 e. The fraction of sp³-hybridized carbons (Fsp3) is 0.348. The molecular formula is C23H27N5O2. The number of aromatic nitrogens is 3. The number of nitrogens with zero attached hydrogens (tertiary/aromatic N) is 4. The molecule has 1 fully saturated rings. The molecule has 7 heteroatoms. The lowest BCUT2D eigenvalue weighted by Gasteiger charge is -2.28. The van der Waals surface area contributed by atoms with Gasteiger partial charge < -0.3 is 15.0 Å². The van der Waals surface area contributed by atoms with Crippen LogP contribution in [0.15, 0.2) is 48.7 Å². The number of morpholine rings is 1. The third kappa shape index (κ3) is 4.52. The zero-order valence-electron chi connectivity index (χ0n) is 17.5. The Labute approximate surface area is 176 Å². The lowest BCUT2D eigenvalue weighted by molar-refractivity contribution is -0.120. The molecular weight excluding hydrogens is 378 g/mol. The van der Waals surface area contributed by atoms with E-state index < -0.39 is 0 Å². The maximum absolute atomic E-state index is 12.6. The van der Waals surface area contributed by atoms with Gasteiger partial charge in [-0.1, -0.05) is 18.2 Å². The van der Waals surface area contributed by atoms with Crippen LogP contribution in [0.4, 0.5) is 5.82 Å². The molecule has 1 amide bonds. The van der Waals surface area contributed by atoms with Gasteiger partial charge in [0.25, 0.3) is 0 Å². The number of hydrogen-bond donors (Lipinski definition) is 1. The maximum atomic E-state index is 12.6. The first-order chi connectivity index (χ1) is 14.6. The van der Waals surface area contributed by atoms with Crippen molar-refractivity contribution in [3.05, 3.63) is 71.2 Å². The average Bonchev–Trinajstić information content (AvgIpc) is 3.07. The predicted molar refractivity (Wildman–Crippen MR) is 116 cm³/mol. The van der Waals surface area contributed by atoms with Crippen LogP contribution >= 0.6 is 0 Å². The second kappa shape index (κ2) is 9.09. The molecule has 0 unspecified atom stereocenters. The van der Waals surface area contributed by atoms with Crippen molar-refractivity contribution >= 4 is 11.7 Å². The van der Waals surface area contributed by atoms with Gasteiger partial charge in [-0.3, -0.25) is 4.79 Å². The van der Waals surface area contributed by atoms with Gasteiger partial charge in [-0.15, -0.1) is 0 Å². The fourth-order valence-corrected chi connectivity index (χ4v) is 3.71. The van der Waals surface area contributed by atoms with Crippen LogP contribution < -0.4 is 10.2 Å². The third-order valence-corrected chi connectivity index (χ3v) is 5.41. The summed E-state index contributed by atoms with van der Waals surface area (Å²) < 4.78 is 7.30. The summed E-state index contributed by atoms with van der Waals surface area (Å²) in [5, 5.41) is 7.66. The van der Waals surface area contributed by atoms with Crippen LogP contribution in [0.5, 0.6) is 0 Å². The molecule has 1 saturated heterocycles. The Balaban J connectivity index is 1.39. The molecule has 0 bridgehead atoms. The molecule has 0 aliphatic carbocycles. The topological polar surface area (TPSA) is 72.3 Å². The highest BCUT2D eigenvalue weighted by atomic mass is 16.5. The molecule has 1 aliphatic heterocycles. The van der Waals surface area contributed by atoms with Gasteiger partial charge in [0.1, 0.15) is 5.82 Å². The summed E-state index contributed by atoms with van der Waals surface area (Å²) in [6.45, 7) is 7.55. The minimum Gasteiger partial charge on any atom is -0.378 e. The van der Waals surface area contributed by atoms with Crippen LogP contribution in [0.2, 0.25) is 0 Å². The molecule has 1 N–H and O–H groups in total. The second-order valence-corrected chi connectivity index (χ2v) is 7.47. The van der Waals surface area contributed by atoms with Crippen LogP contribution in [0.1, 0.15) is 22.5 Å². The molecule has 0 spiro atoms. The first-order valence-corrected chi connectivity index (χ1v) is 10.3. The monoisotopic (exact) mass is 405 g/mol. The van der Waals surface area contributed by atoms with Gasteiger partial charge in [-0.05, 0) is 43.7 Å². The molecule has 156 valence electrons. The summed E-state index contributed by atoms with van der Waals surface area (Å²) in [4.78, 5) is 19.3. The van der Waals surface area contributed by atoms with Crippen molar-refractivity contribution in [1.29, 1.82) is 0 Å². The minimum atomic E-state index is -0.0152. The molecule has 2 aromatic heterocycles. The number of hydrogen-bond acceptors (Lipinski definition) is 5. The Kier molecular flexibility index (Phi) is 6.09. The van der Waals surface area contributed by atoms with Crippen LogP contribution in [0, 0.1) is 13.8 Å². The number of rotatable bonds is 6. The molecule has 0 atom stereocenters. The standard InChI is InChI=1S/C23H27N5O2/c1-17-21(18(2)28(26-17)20-6-4-3-5-7-20)15-23(29)25-16-19-8-9-24-22(14-19)27-10-12-30-13-11-27/h3-9,14H,10-13,15-16H2,1-2H3,(H,25,29). The van der Waals surface area contributed by atoms with E-state index >= 15 is 0 Å². The van der Waals surface area contributed by atoms with Crippen molar-refractivity contribution in [2.45, 2.75) is 26.8 Å². The fourth-order valence-electron chi connectivity index (χ4n) is 3.71. The minimum absolute atomic E-state index is 0.0152. The SMILES string of the molecule is Cc1nn(-c2ccccc2)c(C)c1CC(=O)NCc1ccnc(N2CCOCC2)c1. The highest BCUT2D eigenvalue weighted by Gasteiger charge is 2.16. The normalized spacial score (nSPS) is 14.0. The molecule has 3 heterocycles.